The van der Waals surface area contributed by atoms with Crippen LogP contribution in [-0.2, 0) is 0 Å². The highest BCUT2D eigenvalue weighted by atomic mass is 16.5. The van der Waals surface area contributed by atoms with Gasteiger partial charge in [-0.1, -0.05) is 315 Å². The van der Waals surface area contributed by atoms with E-state index in [0.29, 0.717) is 0 Å². The van der Waals surface area contributed by atoms with Gasteiger partial charge in [-0.25, -0.2) is 0 Å². The molecule has 6 heterocycles. The van der Waals surface area contributed by atoms with Crippen LogP contribution in [0.4, 0.5) is 0 Å². The molecule has 122 heavy (non-hydrogen) atoms. The molecule has 0 radical (unpaired) electrons. The Bertz CT molecular complexity index is 7230. The van der Waals surface area contributed by atoms with Crippen LogP contribution in [0.1, 0.15) is 27.8 Å². The molecular weight excluding hydrogens is 1490 g/mol. The Morgan fingerprint density at radius 2 is 0.393 bits per heavy atom. The molecule has 9 heteroatoms. The molecule has 0 N–H and O–H groups in total. The largest absolute Gasteiger partial charge is 0.458 e. The predicted molar refractivity (Wildman–Crippen MR) is 505 cm³/mol. The smallest absolute Gasteiger partial charge is 0.260 e. The highest BCUT2D eigenvalue weighted by molar-refractivity contribution is 7.00. The molecule has 0 fully saturated rings. The van der Waals surface area contributed by atoms with E-state index in [2.05, 4.69) is 405 Å². The minimum absolute atomic E-state index is 0.00394. The van der Waals surface area contributed by atoms with Crippen molar-refractivity contribution in [1.82, 2.24) is 0 Å². The van der Waals surface area contributed by atoms with Gasteiger partial charge in [-0.15, -0.1) is 0 Å². The fourth-order valence-electron chi connectivity index (χ4n) is 19.1. The van der Waals surface area contributed by atoms with E-state index in [0.717, 1.165) is 157 Å². The molecule has 0 saturated carbocycles. The number of hydrogen-bond acceptors (Lipinski definition) is 6. The maximum absolute atomic E-state index is 6.94. The van der Waals surface area contributed by atoms with Crippen molar-refractivity contribution < 1.29 is 28.4 Å². The van der Waals surface area contributed by atoms with Crippen molar-refractivity contribution in [2.75, 3.05) is 0 Å². The van der Waals surface area contributed by atoms with Gasteiger partial charge in [0.05, 0.1) is 0 Å². The van der Waals surface area contributed by atoms with Crippen molar-refractivity contribution in [3.05, 3.63) is 416 Å². The van der Waals surface area contributed by atoms with Crippen LogP contribution in [0.3, 0.4) is 0 Å². The van der Waals surface area contributed by atoms with Gasteiger partial charge in [-0.3, -0.25) is 0 Å². The zero-order chi connectivity index (χ0) is 81.6. The molecule has 6 nitrogen and oxygen atoms in total. The molecule has 0 aliphatic carbocycles. The van der Waals surface area contributed by atoms with Gasteiger partial charge in [-0.05, 0) is 251 Å². The van der Waals surface area contributed by atoms with Crippen LogP contribution in [0.2, 0.25) is 0 Å². The van der Waals surface area contributed by atoms with E-state index in [4.69, 9.17) is 28.4 Å². The lowest BCUT2D eigenvalue weighted by atomic mass is 9.34. The molecule has 0 aromatic heterocycles. The Morgan fingerprint density at radius 3 is 0.779 bits per heavy atom. The lowest BCUT2D eigenvalue weighted by Gasteiger charge is -2.34. The van der Waals surface area contributed by atoms with E-state index in [9.17, 15) is 0 Å². The third kappa shape index (κ3) is 12.9. The molecule has 18 aromatic rings. The Labute approximate surface area is 712 Å². The summed E-state index contributed by atoms with van der Waals surface area (Å²) in [5, 5.41) is 0. The fraction of sp³-hybridized carbons (Fsp3) is 0.0442. The number of rotatable bonds is 9. The molecule has 6 aliphatic rings. The predicted octanol–water partition coefficient (Wildman–Crippen LogP) is 23.8. The van der Waals surface area contributed by atoms with E-state index in [1.165, 1.54) is 88.9 Å². The summed E-state index contributed by atoms with van der Waals surface area (Å²) in [5.41, 5.74) is 37.5. The molecule has 0 bridgehead atoms. The zero-order valence-corrected chi connectivity index (χ0v) is 68.1. The average Bonchev–Trinajstić information content (AvgIpc) is 0.726. The summed E-state index contributed by atoms with van der Waals surface area (Å²) in [6, 6.07) is 137. The minimum Gasteiger partial charge on any atom is -0.458 e. The third-order valence-corrected chi connectivity index (χ3v) is 25.2. The van der Waals surface area contributed by atoms with Gasteiger partial charge in [0.25, 0.3) is 20.1 Å². The number of benzene rings is 18. The average molecular weight is 1570 g/mol. The van der Waals surface area contributed by atoms with Gasteiger partial charge in [0.15, 0.2) is 0 Å². The first-order chi connectivity index (χ1) is 60.0. The van der Waals surface area contributed by atoms with Gasteiger partial charge >= 0.3 is 0 Å². The quantitative estimate of drug-likeness (QED) is 0.134. The van der Waals surface area contributed by atoms with Crippen molar-refractivity contribution in [3.63, 3.8) is 0 Å². The number of aryl methyl sites for hydroxylation is 5. The van der Waals surface area contributed by atoms with Gasteiger partial charge in [-0.2, -0.15) is 0 Å². The first-order valence-electron chi connectivity index (χ1n) is 42.0. The summed E-state index contributed by atoms with van der Waals surface area (Å²) < 4.78 is 40.4. The van der Waals surface area contributed by atoms with Crippen LogP contribution in [0, 0.1) is 34.6 Å². The summed E-state index contributed by atoms with van der Waals surface area (Å²) in [5.74, 6) is 10.6. The molecule has 0 amide bonds. The molecule has 0 atom stereocenters. The maximum Gasteiger partial charge on any atom is 0.260 e. The third-order valence-electron chi connectivity index (χ3n) is 25.2. The van der Waals surface area contributed by atoms with Gasteiger partial charge in [0.2, 0.25) is 0 Å². The molecule has 24 rings (SSSR count). The molecule has 0 spiro atoms. The lowest BCUT2D eigenvalue weighted by molar-refractivity contribution is 0.465. The van der Waals surface area contributed by atoms with Crippen LogP contribution in [0.5, 0.6) is 69.0 Å². The van der Waals surface area contributed by atoms with Crippen molar-refractivity contribution in [3.8, 4) is 169 Å². The number of ether oxygens (including phenoxy) is 6. The Hall–Kier alpha value is -15.0. The van der Waals surface area contributed by atoms with Gasteiger partial charge in [0, 0.05) is 33.1 Å². The molecule has 576 valence electrons. The molecule has 6 aliphatic heterocycles. The standard InChI is InChI=1S/C39H29BO2.2C37H25BO2/c1-24-10-4-7-13-29(24)27-17-20-35-34(22-27)40-33-19-16-28(30-14-8-5-11-25(30)2)23-37(33)42-39-32(18-21-36(41-35)38(39)40)31-15-9-6-12-26(31)3;1-24-10-8-9-15-29(24)28-16-19-31-35(23-28)39-34-21-18-30(26-13-6-3-7-14-26)37-36(34)38(31)32-22-27(17-20-33(32)40-37)25-11-4-2-5-12-25;1-24-10-8-9-15-29(24)28-17-20-33-32(22-28)38-31-19-16-27(25-11-4-2-5-12-25)23-35(31)39-34-21-18-30(37(40-33)36(34)38)26-13-6-3-7-14-26/h4-23H,1-3H3;2*2-23H,1H3. The van der Waals surface area contributed by atoms with Crippen molar-refractivity contribution >= 4 is 69.3 Å². The van der Waals surface area contributed by atoms with Crippen molar-refractivity contribution in [2.24, 2.45) is 0 Å². The highest BCUT2D eigenvalue weighted by Crippen LogP contribution is 2.48. The second-order valence-corrected chi connectivity index (χ2v) is 32.5. The second kappa shape index (κ2) is 30.4. The lowest BCUT2D eigenvalue weighted by Crippen LogP contribution is -2.57. The first-order valence-corrected chi connectivity index (χ1v) is 42.0. The topological polar surface area (TPSA) is 55.4 Å². The summed E-state index contributed by atoms with van der Waals surface area (Å²) in [6.45, 7) is 10.8. The van der Waals surface area contributed by atoms with E-state index >= 15 is 0 Å². The monoisotopic (exact) mass is 1560 g/mol. The summed E-state index contributed by atoms with van der Waals surface area (Å²) in [6.07, 6.45) is 0. The Morgan fingerprint density at radius 1 is 0.148 bits per heavy atom. The Kier molecular flexibility index (Phi) is 18.3. The number of hydrogen-bond donors (Lipinski definition) is 0. The van der Waals surface area contributed by atoms with Crippen molar-refractivity contribution in [2.45, 2.75) is 34.6 Å². The minimum atomic E-state index is -0.0126. The summed E-state index contributed by atoms with van der Waals surface area (Å²) >= 11 is 0. The van der Waals surface area contributed by atoms with Gasteiger partial charge in [0.1, 0.15) is 69.0 Å². The van der Waals surface area contributed by atoms with Crippen LogP contribution < -0.4 is 77.6 Å². The van der Waals surface area contributed by atoms with Crippen LogP contribution in [0.15, 0.2) is 388 Å². The van der Waals surface area contributed by atoms with Crippen LogP contribution in [0.25, 0.3) is 100 Å². The molecule has 18 aromatic carbocycles. The zero-order valence-electron chi connectivity index (χ0n) is 68.1. The summed E-state index contributed by atoms with van der Waals surface area (Å²) in [4.78, 5) is 0. The van der Waals surface area contributed by atoms with Crippen molar-refractivity contribution in [1.29, 1.82) is 0 Å². The van der Waals surface area contributed by atoms with E-state index in [1.807, 2.05) is 18.2 Å². The summed E-state index contributed by atoms with van der Waals surface area (Å²) in [7, 11) is 0. The van der Waals surface area contributed by atoms with E-state index < -0.39 is 0 Å². The molecular formula is C113H79B3O6. The molecule has 0 unspecified atom stereocenters. The van der Waals surface area contributed by atoms with E-state index in [1.54, 1.807) is 0 Å². The SMILES string of the molecule is Cc1ccccc1-c1ccc2c(c1)B1c3ccc(-c4ccccc4)cc3Oc3ccc(-c4ccccc4)c(c31)O2.Cc1ccccc1-c1ccc2c(c1)Oc1c(-c3ccccc3C)ccc3c1B2c1cc(-c2ccccc2C)ccc1O3.Cc1ccccc1-c1ccc2c(c1)Oc1ccc(-c3ccccc3)c3c1B2c1cc(-c2ccccc2)ccc1O3. The normalized spacial score (nSPS) is 12.5. The fourth-order valence-corrected chi connectivity index (χ4v) is 19.1. The highest BCUT2D eigenvalue weighted by Gasteiger charge is 2.45. The Balaban J connectivity index is 0.000000109. The van der Waals surface area contributed by atoms with Crippen LogP contribution in [-0.4, -0.2) is 20.1 Å². The second-order valence-electron chi connectivity index (χ2n) is 32.5. The van der Waals surface area contributed by atoms with Crippen LogP contribution >= 0.6 is 0 Å². The van der Waals surface area contributed by atoms with E-state index in [-0.39, 0.29) is 20.1 Å². The van der Waals surface area contributed by atoms with Gasteiger partial charge < -0.3 is 28.4 Å². The maximum atomic E-state index is 6.94. The molecule has 0 saturated heterocycles. The number of fused-ring (bicyclic) bond motifs is 12. The first kappa shape index (κ1) is 73.3.